The lowest BCUT2D eigenvalue weighted by Crippen LogP contribution is -2.44. The summed E-state index contributed by atoms with van der Waals surface area (Å²) in [5, 5.41) is 8.43. The summed E-state index contributed by atoms with van der Waals surface area (Å²) in [6.07, 6.45) is 5.77. The smallest absolute Gasteiger partial charge is 0.325 e. The molecule has 0 spiro atoms. The fraction of sp³-hybridized carbons (Fsp3) is 0.407. The molecule has 1 aliphatic heterocycles. The van der Waals surface area contributed by atoms with Gasteiger partial charge in [-0.15, -0.1) is 0 Å². The molecular formula is C27H31FN4O4. The van der Waals surface area contributed by atoms with Crippen LogP contribution in [0.5, 0.6) is 0 Å². The highest BCUT2D eigenvalue weighted by molar-refractivity contribution is 6.11. The minimum Gasteiger partial charge on any atom is -0.349 e. The molecule has 5 amide bonds. The molecule has 0 radical (unpaired) electrons. The van der Waals surface area contributed by atoms with E-state index in [1.54, 1.807) is 24.3 Å². The molecule has 2 aliphatic rings. The quantitative estimate of drug-likeness (QED) is 0.457. The number of urea groups is 1. The molecule has 1 unspecified atom stereocenters. The second kappa shape index (κ2) is 10.9. The number of rotatable bonds is 9. The van der Waals surface area contributed by atoms with Crippen molar-refractivity contribution in [2.45, 2.75) is 63.5 Å². The molecule has 36 heavy (non-hydrogen) atoms. The number of halogens is 1. The molecule has 2 fully saturated rings. The SMILES string of the molecule is CCCCC1(c2ccc(F)cc2)NC(=O)N(CC(=O)Nc2ccccc2C(=O)NC2CCCC2)C1=O. The maximum absolute atomic E-state index is 13.5. The van der Waals surface area contributed by atoms with Gasteiger partial charge >= 0.3 is 6.03 Å². The van der Waals surface area contributed by atoms with Crippen LogP contribution in [0.4, 0.5) is 14.9 Å². The Morgan fingerprint density at radius 3 is 2.47 bits per heavy atom. The predicted octanol–water partition coefficient (Wildman–Crippen LogP) is 4.07. The molecule has 9 heteroatoms. The van der Waals surface area contributed by atoms with Gasteiger partial charge in [0.1, 0.15) is 17.9 Å². The maximum atomic E-state index is 13.5. The van der Waals surface area contributed by atoms with Crippen LogP contribution >= 0.6 is 0 Å². The molecule has 1 saturated carbocycles. The zero-order chi connectivity index (χ0) is 25.7. The molecule has 4 rings (SSSR count). The number of amides is 5. The monoisotopic (exact) mass is 494 g/mol. The molecule has 1 saturated heterocycles. The number of carbonyl (C=O) groups excluding carboxylic acids is 4. The van der Waals surface area contributed by atoms with Crippen molar-refractivity contribution < 1.29 is 23.6 Å². The number of nitrogens with one attached hydrogen (secondary N) is 3. The van der Waals surface area contributed by atoms with Crippen molar-refractivity contribution >= 4 is 29.4 Å². The molecule has 3 N–H and O–H groups in total. The van der Waals surface area contributed by atoms with Gasteiger partial charge in [-0.2, -0.15) is 0 Å². The molecular weight excluding hydrogens is 463 g/mol. The molecule has 1 aliphatic carbocycles. The van der Waals surface area contributed by atoms with Gasteiger partial charge in [-0.1, -0.05) is 56.9 Å². The Kier molecular flexibility index (Phi) is 7.67. The second-order valence-corrected chi connectivity index (χ2v) is 9.39. The highest BCUT2D eigenvalue weighted by Gasteiger charge is 2.52. The van der Waals surface area contributed by atoms with E-state index in [4.69, 9.17) is 0 Å². The summed E-state index contributed by atoms with van der Waals surface area (Å²) < 4.78 is 13.5. The van der Waals surface area contributed by atoms with E-state index in [9.17, 15) is 23.6 Å². The van der Waals surface area contributed by atoms with E-state index in [0.717, 1.165) is 37.0 Å². The Morgan fingerprint density at radius 2 is 1.78 bits per heavy atom. The Balaban J connectivity index is 1.49. The first-order valence-electron chi connectivity index (χ1n) is 12.4. The molecule has 190 valence electrons. The largest absolute Gasteiger partial charge is 0.349 e. The minimum absolute atomic E-state index is 0.120. The first kappa shape index (κ1) is 25.3. The maximum Gasteiger partial charge on any atom is 0.325 e. The second-order valence-electron chi connectivity index (χ2n) is 9.39. The van der Waals surface area contributed by atoms with Crippen LogP contribution < -0.4 is 16.0 Å². The van der Waals surface area contributed by atoms with Crippen LogP contribution in [0.3, 0.4) is 0 Å². The van der Waals surface area contributed by atoms with Crippen LogP contribution in [0, 0.1) is 5.82 Å². The van der Waals surface area contributed by atoms with Gasteiger partial charge in [0.05, 0.1) is 11.3 Å². The number of anilines is 1. The molecule has 1 atom stereocenters. The zero-order valence-corrected chi connectivity index (χ0v) is 20.3. The fourth-order valence-electron chi connectivity index (χ4n) is 4.91. The van der Waals surface area contributed by atoms with E-state index < -0.39 is 35.7 Å². The number of para-hydroxylation sites is 1. The third-order valence-electron chi connectivity index (χ3n) is 6.86. The van der Waals surface area contributed by atoms with Crippen molar-refractivity contribution in [2.24, 2.45) is 0 Å². The van der Waals surface area contributed by atoms with E-state index in [-0.39, 0.29) is 11.9 Å². The first-order chi connectivity index (χ1) is 17.3. The van der Waals surface area contributed by atoms with Crippen molar-refractivity contribution in [3.8, 4) is 0 Å². The van der Waals surface area contributed by atoms with Crippen molar-refractivity contribution in [3.63, 3.8) is 0 Å². The van der Waals surface area contributed by atoms with E-state index in [0.29, 0.717) is 29.7 Å². The van der Waals surface area contributed by atoms with Crippen molar-refractivity contribution in [2.75, 3.05) is 11.9 Å². The lowest BCUT2D eigenvalue weighted by atomic mass is 9.85. The number of benzene rings is 2. The van der Waals surface area contributed by atoms with Gasteiger partial charge in [-0.25, -0.2) is 9.18 Å². The summed E-state index contributed by atoms with van der Waals surface area (Å²) in [7, 11) is 0. The van der Waals surface area contributed by atoms with Crippen LogP contribution in [0.15, 0.2) is 48.5 Å². The van der Waals surface area contributed by atoms with Gasteiger partial charge in [0.25, 0.3) is 11.8 Å². The molecule has 1 heterocycles. The Labute approximate surface area is 209 Å². The third-order valence-corrected chi connectivity index (χ3v) is 6.86. The number of imide groups is 1. The van der Waals surface area contributed by atoms with Crippen LogP contribution in [0.1, 0.15) is 67.8 Å². The van der Waals surface area contributed by atoms with E-state index in [1.165, 1.54) is 24.3 Å². The van der Waals surface area contributed by atoms with E-state index >= 15 is 0 Å². The fourth-order valence-corrected chi connectivity index (χ4v) is 4.91. The lowest BCUT2D eigenvalue weighted by Gasteiger charge is -2.27. The normalized spacial score (nSPS) is 19.9. The van der Waals surface area contributed by atoms with E-state index in [2.05, 4.69) is 16.0 Å². The standard InChI is InChI=1S/C27H31FN4O4/c1-2-3-16-27(18-12-14-19(28)15-13-18)25(35)32(26(36)31-27)17-23(33)30-22-11-7-6-10-21(22)24(34)29-20-8-4-5-9-20/h6-7,10-15,20H,2-5,8-9,16-17H2,1H3,(H,29,34)(H,30,33)(H,31,36). The van der Waals surface area contributed by atoms with E-state index in [1.807, 2.05) is 6.92 Å². The van der Waals surface area contributed by atoms with Crippen LogP contribution in [0.25, 0.3) is 0 Å². The minimum atomic E-state index is -1.36. The summed E-state index contributed by atoms with van der Waals surface area (Å²) in [4.78, 5) is 52.9. The van der Waals surface area contributed by atoms with Crippen molar-refractivity contribution in [3.05, 3.63) is 65.5 Å². The van der Waals surface area contributed by atoms with Crippen molar-refractivity contribution in [1.29, 1.82) is 0 Å². The predicted molar refractivity (Wildman–Crippen MR) is 133 cm³/mol. The van der Waals surface area contributed by atoms with Gasteiger partial charge in [0, 0.05) is 6.04 Å². The molecule has 8 nitrogen and oxygen atoms in total. The highest BCUT2D eigenvalue weighted by atomic mass is 19.1. The first-order valence-corrected chi connectivity index (χ1v) is 12.4. The van der Waals surface area contributed by atoms with Crippen LogP contribution in [0.2, 0.25) is 0 Å². The summed E-state index contributed by atoms with van der Waals surface area (Å²) in [6.45, 7) is 1.45. The van der Waals surface area contributed by atoms with Crippen LogP contribution in [-0.4, -0.2) is 41.2 Å². The number of hydrogen-bond acceptors (Lipinski definition) is 4. The Morgan fingerprint density at radius 1 is 1.08 bits per heavy atom. The highest BCUT2D eigenvalue weighted by Crippen LogP contribution is 2.34. The topological polar surface area (TPSA) is 108 Å². The van der Waals surface area contributed by atoms with Gasteiger partial charge in [0.2, 0.25) is 5.91 Å². The zero-order valence-electron chi connectivity index (χ0n) is 20.3. The molecule has 2 aromatic carbocycles. The van der Waals surface area contributed by atoms with Gasteiger partial charge in [-0.3, -0.25) is 19.3 Å². The summed E-state index contributed by atoms with van der Waals surface area (Å²) in [5.41, 5.74) is -0.271. The Hall–Kier alpha value is -3.75. The summed E-state index contributed by atoms with van der Waals surface area (Å²) in [6, 6.07) is 11.5. The number of carbonyl (C=O) groups is 4. The van der Waals surface area contributed by atoms with Gasteiger partial charge in [-0.05, 0) is 49.1 Å². The third kappa shape index (κ3) is 5.24. The summed E-state index contributed by atoms with van der Waals surface area (Å²) >= 11 is 0. The number of nitrogens with zero attached hydrogens (tertiary/aromatic N) is 1. The Bertz CT molecular complexity index is 1150. The molecule has 0 bridgehead atoms. The van der Waals surface area contributed by atoms with Gasteiger partial charge < -0.3 is 16.0 Å². The summed E-state index contributed by atoms with van der Waals surface area (Å²) in [5.74, 6) is -1.89. The van der Waals surface area contributed by atoms with Gasteiger partial charge in [0.15, 0.2) is 0 Å². The van der Waals surface area contributed by atoms with Crippen LogP contribution in [-0.2, 0) is 15.1 Å². The lowest BCUT2D eigenvalue weighted by molar-refractivity contribution is -0.134. The molecule has 2 aromatic rings. The molecule has 0 aromatic heterocycles. The average Bonchev–Trinajstić information content (AvgIpc) is 3.46. The van der Waals surface area contributed by atoms with Crippen molar-refractivity contribution in [1.82, 2.24) is 15.5 Å². The average molecular weight is 495 g/mol. The number of unbranched alkanes of at least 4 members (excludes halogenated alkanes) is 1. The number of hydrogen-bond donors (Lipinski definition) is 3.